The van der Waals surface area contributed by atoms with E-state index >= 15 is 0 Å². The highest BCUT2D eigenvalue weighted by molar-refractivity contribution is 7.17. The van der Waals surface area contributed by atoms with Crippen LogP contribution in [0.3, 0.4) is 0 Å². The van der Waals surface area contributed by atoms with Crippen molar-refractivity contribution in [1.29, 1.82) is 0 Å². The number of carbonyl (C=O) groups is 2. The SMILES string of the molecule is Cc1nc(NC(=O)O)sc1C(=O)Nc1ccc(C2CCCCC2)cc1. The van der Waals surface area contributed by atoms with Gasteiger partial charge in [0.05, 0.1) is 5.69 Å². The van der Waals surface area contributed by atoms with Gasteiger partial charge in [0, 0.05) is 5.69 Å². The molecule has 0 spiro atoms. The van der Waals surface area contributed by atoms with Crippen molar-refractivity contribution in [3.05, 3.63) is 40.4 Å². The molecule has 3 rings (SSSR count). The first kappa shape index (κ1) is 17.4. The molecular weight excluding hydrogens is 338 g/mol. The summed E-state index contributed by atoms with van der Waals surface area (Å²) in [5.74, 6) is 0.353. The molecule has 1 aliphatic rings. The van der Waals surface area contributed by atoms with Crippen molar-refractivity contribution in [3.63, 3.8) is 0 Å². The van der Waals surface area contributed by atoms with Gasteiger partial charge in [0.1, 0.15) is 4.88 Å². The number of benzene rings is 1. The van der Waals surface area contributed by atoms with Crippen molar-refractivity contribution < 1.29 is 14.7 Å². The average molecular weight is 359 g/mol. The second-order valence-electron chi connectivity index (χ2n) is 6.27. The summed E-state index contributed by atoms with van der Waals surface area (Å²) in [7, 11) is 0. The van der Waals surface area contributed by atoms with E-state index in [-0.39, 0.29) is 11.0 Å². The molecule has 0 unspecified atom stereocenters. The molecule has 1 saturated carbocycles. The summed E-state index contributed by atoms with van der Waals surface area (Å²) in [5.41, 5.74) is 2.56. The molecule has 1 aromatic heterocycles. The van der Waals surface area contributed by atoms with Gasteiger partial charge >= 0.3 is 6.09 Å². The Kier molecular flexibility index (Phi) is 5.33. The van der Waals surface area contributed by atoms with Gasteiger partial charge in [0.15, 0.2) is 5.13 Å². The Morgan fingerprint density at radius 3 is 2.44 bits per heavy atom. The number of carboxylic acid groups (broad SMARTS) is 1. The molecule has 2 aromatic rings. The molecule has 1 aliphatic carbocycles. The second kappa shape index (κ2) is 7.65. The molecule has 25 heavy (non-hydrogen) atoms. The van der Waals surface area contributed by atoms with E-state index in [2.05, 4.69) is 27.8 Å². The summed E-state index contributed by atoms with van der Waals surface area (Å²) >= 11 is 1.03. The van der Waals surface area contributed by atoms with Crippen LogP contribution < -0.4 is 10.6 Å². The largest absolute Gasteiger partial charge is 0.465 e. The van der Waals surface area contributed by atoms with Gasteiger partial charge in [0.25, 0.3) is 5.91 Å². The van der Waals surface area contributed by atoms with Gasteiger partial charge < -0.3 is 10.4 Å². The summed E-state index contributed by atoms with van der Waals surface area (Å²) in [6.45, 7) is 1.69. The first-order valence-electron chi connectivity index (χ1n) is 8.41. The number of amides is 2. The van der Waals surface area contributed by atoms with Gasteiger partial charge in [-0.05, 0) is 43.4 Å². The molecule has 0 atom stereocenters. The number of thiazole rings is 1. The minimum atomic E-state index is -1.20. The van der Waals surface area contributed by atoms with Crippen molar-refractivity contribution in [3.8, 4) is 0 Å². The monoisotopic (exact) mass is 359 g/mol. The standard InChI is InChI=1S/C18H21N3O3S/c1-11-15(25-17(19-11)21-18(23)24)16(22)20-14-9-7-13(8-10-14)12-5-3-2-4-6-12/h7-10,12H,2-6H2,1H3,(H,19,21)(H,20,22)(H,23,24). The number of aromatic nitrogens is 1. The highest BCUT2D eigenvalue weighted by atomic mass is 32.1. The fraction of sp³-hybridized carbons (Fsp3) is 0.389. The molecule has 132 valence electrons. The number of hydrogen-bond donors (Lipinski definition) is 3. The summed E-state index contributed by atoms with van der Waals surface area (Å²) in [4.78, 5) is 27.5. The van der Waals surface area contributed by atoms with E-state index in [9.17, 15) is 9.59 Å². The topological polar surface area (TPSA) is 91.3 Å². The molecule has 3 N–H and O–H groups in total. The van der Waals surface area contributed by atoms with Crippen molar-refractivity contribution in [2.75, 3.05) is 10.6 Å². The summed E-state index contributed by atoms with van der Waals surface area (Å²) in [5, 5.41) is 14.0. The van der Waals surface area contributed by atoms with E-state index in [0.29, 0.717) is 16.5 Å². The number of nitrogens with zero attached hydrogens (tertiary/aromatic N) is 1. The van der Waals surface area contributed by atoms with Crippen LogP contribution in [0.2, 0.25) is 0 Å². The number of aryl methyl sites for hydroxylation is 1. The Balaban J connectivity index is 1.66. The second-order valence-corrected chi connectivity index (χ2v) is 7.27. The molecule has 6 nitrogen and oxygen atoms in total. The fourth-order valence-electron chi connectivity index (χ4n) is 3.21. The third kappa shape index (κ3) is 4.36. The van der Waals surface area contributed by atoms with Gasteiger partial charge in [-0.3, -0.25) is 10.1 Å². The average Bonchev–Trinajstić information content (AvgIpc) is 2.96. The number of hydrogen-bond acceptors (Lipinski definition) is 4. The molecule has 0 bridgehead atoms. The molecule has 7 heteroatoms. The molecular formula is C18H21N3O3S. The number of carbonyl (C=O) groups excluding carboxylic acids is 1. The van der Waals surface area contributed by atoms with E-state index in [4.69, 9.17) is 5.11 Å². The minimum Gasteiger partial charge on any atom is -0.465 e. The predicted molar refractivity (Wildman–Crippen MR) is 98.7 cm³/mol. The van der Waals surface area contributed by atoms with Crippen LogP contribution in [0.1, 0.15) is 59.0 Å². The fourth-order valence-corrected chi connectivity index (χ4v) is 4.07. The van der Waals surface area contributed by atoms with Gasteiger partial charge in [-0.15, -0.1) is 0 Å². The number of anilines is 2. The third-order valence-electron chi connectivity index (χ3n) is 4.46. The minimum absolute atomic E-state index is 0.197. The Labute approximate surface area is 150 Å². The molecule has 1 fully saturated rings. The predicted octanol–water partition coefficient (Wildman–Crippen LogP) is 4.84. The van der Waals surface area contributed by atoms with E-state index in [1.54, 1.807) is 6.92 Å². The van der Waals surface area contributed by atoms with Crippen LogP contribution in [0.4, 0.5) is 15.6 Å². The van der Waals surface area contributed by atoms with E-state index in [1.165, 1.54) is 37.7 Å². The van der Waals surface area contributed by atoms with Crippen LogP contribution in [0, 0.1) is 6.92 Å². The quantitative estimate of drug-likeness (QED) is 0.728. The normalized spacial score (nSPS) is 14.9. The highest BCUT2D eigenvalue weighted by Crippen LogP contribution is 2.33. The Bertz CT molecular complexity index is 764. The molecule has 0 saturated heterocycles. The first-order valence-corrected chi connectivity index (χ1v) is 9.23. The molecule has 1 aromatic carbocycles. The van der Waals surface area contributed by atoms with Crippen LogP contribution >= 0.6 is 11.3 Å². The van der Waals surface area contributed by atoms with Crippen LogP contribution in [0.25, 0.3) is 0 Å². The van der Waals surface area contributed by atoms with Crippen LogP contribution in [0.5, 0.6) is 0 Å². The maximum absolute atomic E-state index is 12.4. The Morgan fingerprint density at radius 2 is 1.80 bits per heavy atom. The summed E-state index contributed by atoms with van der Waals surface area (Å²) < 4.78 is 0. The molecule has 0 aliphatic heterocycles. The number of nitrogens with one attached hydrogen (secondary N) is 2. The van der Waals surface area contributed by atoms with Crippen LogP contribution in [0.15, 0.2) is 24.3 Å². The van der Waals surface area contributed by atoms with Crippen LogP contribution in [-0.2, 0) is 0 Å². The lowest BCUT2D eigenvalue weighted by Gasteiger charge is -2.22. The van der Waals surface area contributed by atoms with Crippen molar-refractivity contribution in [2.45, 2.75) is 44.9 Å². The van der Waals surface area contributed by atoms with Crippen molar-refractivity contribution >= 4 is 34.2 Å². The smallest absolute Gasteiger partial charge is 0.410 e. The summed E-state index contributed by atoms with van der Waals surface area (Å²) in [6.07, 6.45) is 5.20. The van der Waals surface area contributed by atoms with E-state index in [0.717, 1.165) is 17.0 Å². The maximum Gasteiger partial charge on any atom is 0.410 e. The lowest BCUT2D eigenvalue weighted by molar-refractivity contribution is 0.102. The highest BCUT2D eigenvalue weighted by Gasteiger charge is 2.18. The van der Waals surface area contributed by atoms with E-state index in [1.807, 2.05) is 12.1 Å². The van der Waals surface area contributed by atoms with Crippen molar-refractivity contribution in [2.24, 2.45) is 0 Å². The maximum atomic E-state index is 12.4. The van der Waals surface area contributed by atoms with Gasteiger partial charge in [-0.1, -0.05) is 42.7 Å². The van der Waals surface area contributed by atoms with Gasteiger partial charge in [0.2, 0.25) is 0 Å². The molecule has 0 radical (unpaired) electrons. The van der Waals surface area contributed by atoms with Crippen molar-refractivity contribution in [1.82, 2.24) is 4.98 Å². The van der Waals surface area contributed by atoms with Gasteiger partial charge in [-0.2, -0.15) is 0 Å². The zero-order valence-corrected chi connectivity index (χ0v) is 14.9. The van der Waals surface area contributed by atoms with E-state index < -0.39 is 6.09 Å². The third-order valence-corrected chi connectivity index (χ3v) is 5.53. The van der Waals surface area contributed by atoms with Crippen LogP contribution in [-0.4, -0.2) is 22.1 Å². The lowest BCUT2D eigenvalue weighted by Crippen LogP contribution is -2.11. The zero-order chi connectivity index (χ0) is 17.8. The first-order chi connectivity index (χ1) is 12.0. The molecule has 1 heterocycles. The Morgan fingerprint density at radius 1 is 1.12 bits per heavy atom. The number of rotatable bonds is 4. The lowest BCUT2D eigenvalue weighted by atomic mass is 9.84. The summed E-state index contributed by atoms with van der Waals surface area (Å²) in [6, 6.07) is 8.02. The zero-order valence-electron chi connectivity index (χ0n) is 14.0. The van der Waals surface area contributed by atoms with Gasteiger partial charge in [-0.25, -0.2) is 9.78 Å². The Hall–Kier alpha value is -2.41. The molecule has 2 amide bonds.